The number of carboxylic acids is 1. The summed E-state index contributed by atoms with van der Waals surface area (Å²) in [6.07, 6.45) is 0.198. The number of carbonyl (C=O) groups excluding carboxylic acids is 1. The van der Waals surface area contributed by atoms with E-state index in [1.807, 2.05) is 48.5 Å². The Labute approximate surface area is 203 Å². The maximum atomic E-state index is 12.6. The Morgan fingerprint density at radius 2 is 1.51 bits per heavy atom. The summed E-state index contributed by atoms with van der Waals surface area (Å²) < 4.78 is 33.1. The van der Waals surface area contributed by atoms with Gasteiger partial charge >= 0.3 is 5.97 Å². The summed E-state index contributed by atoms with van der Waals surface area (Å²) in [6.45, 7) is 3.27. The molecule has 3 aromatic carbocycles. The third-order valence-corrected chi connectivity index (χ3v) is 7.19. The second-order valence-corrected chi connectivity index (χ2v) is 10.4. The van der Waals surface area contributed by atoms with E-state index >= 15 is 0 Å². The molecule has 1 aromatic heterocycles. The Bertz CT molecular complexity index is 1440. The summed E-state index contributed by atoms with van der Waals surface area (Å²) >= 11 is 0. The van der Waals surface area contributed by atoms with Crippen LogP contribution >= 0.6 is 0 Å². The van der Waals surface area contributed by atoms with Gasteiger partial charge in [-0.25, -0.2) is 8.42 Å². The van der Waals surface area contributed by atoms with Gasteiger partial charge in [-0.1, -0.05) is 68.4 Å². The van der Waals surface area contributed by atoms with Crippen LogP contribution in [0.1, 0.15) is 30.0 Å². The van der Waals surface area contributed by atoms with Crippen molar-refractivity contribution in [2.45, 2.75) is 31.2 Å². The van der Waals surface area contributed by atoms with Crippen LogP contribution < -0.4 is 4.72 Å². The smallest absolute Gasteiger partial charge is 0.322 e. The van der Waals surface area contributed by atoms with E-state index < -0.39 is 28.0 Å². The number of aliphatic carboxylic acids is 1. The molecule has 4 aromatic rings. The lowest BCUT2D eigenvalue weighted by Crippen LogP contribution is -2.44. The summed E-state index contributed by atoms with van der Waals surface area (Å²) in [6, 6.07) is 21.6. The van der Waals surface area contributed by atoms with Crippen LogP contribution in [0.25, 0.3) is 22.1 Å². The zero-order valence-electron chi connectivity index (χ0n) is 19.3. The van der Waals surface area contributed by atoms with E-state index in [2.05, 4.69) is 4.72 Å². The zero-order valence-corrected chi connectivity index (χ0v) is 20.1. The number of sulfonamides is 1. The molecule has 2 N–H and O–H groups in total. The topological polar surface area (TPSA) is 114 Å². The van der Waals surface area contributed by atoms with Gasteiger partial charge < -0.3 is 9.52 Å². The number of hydrogen-bond acceptors (Lipinski definition) is 5. The lowest BCUT2D eigenvalue weighted by atomic mass is 10.0. The van der Waals surface area contributed by atoms with Crippen LogP contribution in [0.15, 0.2) is 88.2 Å². The molecule has 0 aliphatic heterocycles. The fraction of sp³-hybridized carbons (Fsp3) is 0.185. The molecule has 0 radical (unpaired) electrons. The first-order valence-corrected chi connectivity index (χ1v) is 12.6. The van der Waals surface area contributed by atoms with Crippen LogP contribution in [0.4, 0.5) is 0 Å². The Hall–Kier alpha value is -3.75. The SMILES string of the molecule is CC(C)C(NS(=O)(=O)c1ccc(-c2ccc(CC(=O)c3cc4ccccc4o3)cc2)cc1)C(=O)O. The van der Waals surface area contributed by atoms with Gasteiger partial charge in [-0.3, -0.25) is 9.59 Å². The Kier molecular flexibility index (Phi) is 6.86. The van der Waals surface area contributed by atoms with E-state index in [1.165, 1.54) is 12.1 Å². The van der Waals surface area contributed by atoms with Crippen LogP contribution in [-0.2, 0) is 21.2 Å². The van der Waals surface area contributed by atoms with Crippen molar-refractivity contribution in [2.24, 2.45) is 5.92 Å². The molecule has 0 bridgehead atoms. The Balaban J connectivity index is 1.45. The van der Waals surface area contributed by atoms with Crippen molar-refractivity contribution < 1.29 is 27.5 Å². The van der Waals surface area contributed by atoms with E-state index in [0.29, 0.717) is 11.3 Å². The van der Waals surface area contributed by atoms with Crippen LogP contribution in [0, 0.1) is 5.92 Å². The van der Waals surface area contributed by atoms with Crippen molar-refractivity contribution in [3.63, 3.8) is 0 Å². The largest absolute Gasteiger partial charge is 0.480 e. The minimum Gasteiger partial charge on any atom is -0.480 e. The minimum absolute atomic E-state index is 0.0128. The normalized spacial score (nSPS) is 12.7. The number of Topliss-reactive ketones (excluding diaryl/α,β-unsaturated/α-hetero) is 1. The van der Waals surface area contributed by atoms with E-state index in [-0.39, 0.29) is 17.1 Å². The maximum absolute atomic E-state index is 12.6. The molecule has 0 aliphatic carbocycles. The molecule has 1 atom stereocenters. The average Bonchev–Trinajstić information content (AvgIpc) is 3.27. The summed E-state index contributed by atoms with van der Waals surface area (Å²) in [5.41, 5.74) is 3.15. The predicted molar refractivity (Wildman–Crippen MR) is 133 cm³/mol. The van der Waals surface area contributed by atoms with Gasteiger partial charge in [0.25, 0.3) is 0 Å². The molecule has 8 heteroatoms. The lowest BCUT2D eigenvalue weighted by molar-refractivity contribution is -0.140. The highest BCUT2D eigenvalue weighted by atomic mass is 32.2. The number of para-hydroxylation sites is 1. The summed E-state index contributed by atoms with van der Waals surface area (Å²) in [7, 11) is -3.98. The fourth-order valence-electron chi connectivity index (χ4n) is 3.74. The van der Waals surface area contributed by atoms with Crippen molar-refractivity contribution in [3.05, 3.63) is 90.2 Å². The number of hydrogen-bond donors (Lipinski definition) is 2. The predicted octanol–water partition coefficient (Wildman–Crippen LogP) is 4.91. The number of fused-ring (bicyclic) bond motifs is 1. The first-order valence-electron chi connectivity index (χ1n) is 11.1. The molecule has 0 amide bonds. The third-order valence-electron chi connectivity index (χ3n) is 5.73. The highest BCUT2D eigenvalue weighted by molar-refractivity contribution is 7.89. The average molecular weight is 492 g/mol. The second kappa shape index (κ2) is 9.85. The number of ketones is 1. The van der Waals surface area contributed by atoms with Gasteiger partial charge in [0.15, 0.2) is 5.76 Å². The minimum atomic E-state index is -3.98. The van der Waals surface area contributed by atoms with Crippen LogP contribution in [0.3, 0.4) is 0 Å². The number of furan rings is 1. The highest BCUT2D eigenvalue weighted by Gasteiger charge is 2.28. The number of benzene rings is 3. The molecule has 0 saturated carbocycles. The van der Waals surface area contributed by atoms with Gasteiger partial charge in [0, 0.05) is 11.8 Å². The van der Waals surface area contributed by atoms with Crippen LogP contribution in [-0.4, -0.2) is 31.3 Å². The first-order chi connectivity index (χ1) is 16.6. The molecule has 1 heterocycles. The van der Waals surface area contributed by atoms with Crippen molar-refractivity contribution in [3.8, 4) is 11.1 Å². The molecule has 0 spiro atoms. The van der Waals surface area contributed by atoms with E-state index in [4.69, 9.17) is 4.42 Å². The molecule has 180 valence electrons. The molecule has 0 fully saturated rings. The Morgan fingerprint density at radius 1 is 0.914 bits per heavy atom. The van der Waals surface area contributed by atoms with E-state index in [0.717, 1.165) is 22.1 Å². The Morgan fingerprint density at radius 3 is 2.09 bits per heavy atom. The zero-order chi connectivity index (χ0) is 25.2. The number of carbonyl (C=O) groups is 2. The van der Waals surface area contributed by atoms with Gasteiger partial charge in [0.1, 0.15) is 11.6 Å². The van der Waals surface area contributed by atoms with Crippen molar-refractivity contribution in [2.75, 3.05) is 0 Å². The highest BCUT2D eigenvalue weighted by Crippen LogP contribution is 2.24. The maximum Gasteiger partial charge on any atom is 0.322 e. The van der Waals surface area contributed by atoms with Gasteiger partial charge in [0.2, 0.25) is 15.8 Å². The lowest BCUT2D eigenvalue weighted by Gasteiger charge is -2.18. The van der Waals surface area contributed by atoms with Crippen molar-refractivity contribution >= 4 is 32.7 Å². The van der Waals surface area contributed by atoms with E-state index in [9.17, 15) is 23.1 Å². The first kappa shape index (κ1) is 24.4. The number of carboxylic acid groups (broad SMARTS) is 1. The molecule has 0 saturated heterocycles. The van der Waals surface area contributed by atoms with Crippen LogP contribution in [0.2, 0.25) is 0 Å². The fourth-order valence-corrected chi connectivity index (χ4v) is 5.08. The quantitative estimate of drug-likeness (QED) is 0.322. The monoisotopic (exact) mass is 491 g/mol. The number of rotatable bonds is 9. The van der Waals surface area contributed by atoms with Crippen molar-refractivity contribution in [1.29, 1.82) is 0 Å². The summed E-state index contributed by atoms with van der Waals surface area (Å²) in [4.78, 5) is 24.0. The summed E-state index contributed by atoms with van der Waals surface area (Å²) in [5, 5.41) is 10.2. The van der Waals surface area contributed by atoms with Crippen molar-refractivity contribution in [1.82, 2.24) is 4.72 Å². The molecular weight excluding hydrogens is 466 g/mol. The summed E-state index contributed by atoms with van der Waals surface area (Å²) in [5.74, 6) is -1.42. The van der Waals surface area contributed by atoms with Crippen LogP contribution in [0.5, 0.6) is 0 Å². The second-order valence-electron chi connectivity index (χ2n) is 8.65. The van der Waals surface area contributed by atoms with Gasteiger partial charge in [-0.15, -0.1) is 0 Å². The van der Waals surface area contributed by atoms with Gasteiger partial charge in [0.05, 0.1) is 4.90 Å². The third kappa shape index (κ3) is 5.50. The van der Waals surface area contributed by atoms with Gasteiger partial charge in [-0.05, 0) is 46.9 Å². The number of nitrogens with one attached hydrogen (secondary N) is 1. The standard InChI is InChI=1S/C27H25NO6S/c1-17(2)26(27(30)31)28-35(32,33)22-13-11-20(12-14-22)19-9-7-18(8-10-19)15-23(29)25-16-21-5-3-4-6-24(21)34-25/h3-14,16-17,26,28H,15H2,1-2H3,(H,30,31). The molecule has 35 heavy (non-hydrogen) atoms. The molecular formula is C27H25NO6S. The van der Waals surface area contributed by atoms with Gasteiger partial charge in [-0.2, -0.15) is 4.72 Å². The molecule has 7 nitrogen and oxygen atoms in total. The van der Waals surface area contributed by atoms with E-state index in [1.54, 1.807) is 32.0 Å². The molecule has 0 aliphatic rings. The molecule has 4 rings (SSSR count). The molecule has 1 unspecified atom stereocenters.